The van der Waals surface area contributed by atoms with Gasteiger partial charge in [0.15, 0.2) is 0 Å². The lowest BCUT2D eigenvalue weighted by molar-refractivity contribution is -0.135. The fourth-order valence-electron chi connectivity index (χ4n) is 5.46. The Morgan fingerprint density at radius 2 is 1.29 bits per heavy atom. The van der Waals surface area contributed by atoms with Crippen LogP contribution in [0.25, 0.3) is 0 Å². The molecule has 1 N–H and O–H groups in total. The van der Waals surface area contributed by atoms with Crippen molar-refractivity contribution in [2.24, 2.45) is 0 Å². The molecule has 2 aliphatic rings. The van der Waals surface area contributed by atoms with Gasteiger partial charge in [-0.3, -0.25) is 14.6 Å². The van der Waals surface area contributed by atoms with E-state index in [2.05, 4.69) is 102 Å². The largest absolute Gasteiger partial charge is 0.350 e. The molecule has 0 bridgehead atoms. The summed E-state index contributed by atoms with van der Waals surface area (Å²) >= 11 is 0. The summed E-state index contributed by atoms with van der Waals surface area (Å²) in [5.74, 6) is 0.163. The number of hydrogen-bond donors (Lipinski definition) is 1. The maximum absolute atomic E-state index is 13.8. The van der Waals surface area contributed by atoms with Gasteiger partial charge in [0.05, 0.1) is 0 Å². The molecule has 3 aromatic rings. The molecule has 4 heteroatoms. The van der Waals surface area contributed by atoms with E-state index < -0.39 is 5.54 Å². The van der Waals surface area contributed by atoms with Gasteiger partial charge in [0.25, 0.3) is 0 Å². The number of carbonyl (C=O) groups excluding carboxylic acids is 1. The van der Waals surface area contributed by atoms with Crippen molar-refractivity contribution in [2.45, 2.75) is 45.3 Å². The lowest BCUT2D eigenvalue weighted by Gasteiger charge is -2.45. The van der Waals surface area contributed by atoms with Crippen LogP contribution < -0.4 is 5.32 Å². The van der Waals surface area contributed by atoms with Crippen LogP contribution in [-0.4, -0.2) is 47.4 Å². The van der Waals surface area contributed by atoms with E-state index in [0.717, 1.165) is 51.1 Å². The molecule has 0 radical (unpaired) electrons. The van der Waals surface area contributed by atoms with Crippen LogP contribution in [0.5, 0.6) is 0 Å². The fourth-order valence-corrected chi connectivity index (χ4v) is 5.46. The number of nitrogens with zero attached hydrogens (tertiary/aromatic N) is 2. The smallest absolute Gasteiger partial charge is 0.241 e. The van der Waals surface area contributed by atoms with Crippen LogP contribution in [0, 0.1) is 13.8 Å². The highest BCUT2D eigenvalue weighted by Gasteiger charge is 2.48. The Bertz CT molecular complexity index is 1100. The SMILES string of the molecule is Cc1ccc(CNC(=O)C2(N3CCN(Cc4ccc(C)cc4)CC3)Cc3ccccc3C2)cc1. The van der Waals surface area contributed by atoms with Crippen LogP contribution in [0.4, 0.5) is 0 Å². The summed E-state index contributed by atoms with van der Waals surface area (Å²) in [6, 6.07) is 25.8. The molecule has 1 aliphatic carbocycles. The molecule has 0 atom stereocenters. The van der Waals surface area contributed by atoms with E-state index in [1.54, 1.807) is 0 Å². The highest BCUT2D eigenvalue weighted by molar-refractivity contribution is 5.88. The number of aryl methyl sites for hydroxylation is 2. The van der Waals surface area contributed by atoms with Gasteiger partial charge >= 0.3 is 0 Å². The average molecular weight is 454 g/mol. The number of rotatable bonds is 6. The number of piperazine rings is 1. The molecule has 176 valence electrons. The van der Waals surface area contributed by atoms with Gasteiger partial charge in [0.1, 0.15) is 5.54 Å². The Morgan fingerprint density at radius 3 is 1.85 bits per heavy atom. The second-order valence-electron chi connectivity index (χ2n) is 10.1. The molecule has 0 saturated carbocycles. The van der Waals surface area contributed by atoms with Gasteiger partial charge in [-0.05, 0) is 36.1 Å². The Balaban J connectivity index is 1.29. The first-order valence-corrected chi connectivity index (χ1v) is 12.5. The average Bonchev–Trinajstić information content (AvgIpc) is 3.26. The van der Waals surface area contributed by atoms with E-state index in [4.69, 9.17) is 0 Å². The van der Waals surface area contributed by atoms with Gasteiger partial charge in [-0.2, -0.15) is 0 Å². The first-order chi connectivity index (χ1) is 16.5. The Hall–Kier alpha value is -2.95. The van der Waals surface area contributed by atoms with Crippen molar-refractivity contribution in [3.63, 3.8) is 0 Å². The second-order valence-corrected chi connectivity index (χ2v) is 10.1. The van der Waals surface area contributed by atoms with E-state index in [0.29, 0.717) is 6.54 Å². The molecular weight excluding hydrogens is 418 g/mol. The Labute approximate surface area is 203 Å². The quantitative estimate of drug-likeness (QED) is 0.605. The van der Waals surface area contributed by atoms with Gasteiger partial charge in [-0.15, -0.1) is 0 Å². The molecule has 4 nitrogen and oxygen atoms in total. The van der Waals surface area contributed by atoms with Crippen LogP contribution in [-0.2, 0) is 30.7 Å². The number of nitrogens with one attached hydrogen (secondary N) is 1. The summed E-state index contributed by atoms with van der Waals surface area (Å²) in [5, 5.41) is 3.30. The molecule has 1 heterocycles. The first kappa shape index (κ1) is 22.8. The van der Waals surface area contributed by atoms with Crippen LogP contribution in [0.2, 0.25) is 0 Å². The topological polar surface area (TPSA) is 35.6 Å². The van der Waals surface area contributed by atoms with Crippen molar-refractivity contribution in [2.75, 3.05) is 26.2 Å². The van der Waals surface area contributed by atoms with Crippen LogP contribution in [0.3, 0.4) is 0 Å². The fraction of sp³-hybridized carbons (Fsp3) is 0.367. The van der Waals surface area contributed by atoms with E-state index in [9.17, 15) is 4.79 Å². The molecule has 1 amide bonds. The lowest BCUT2D eigenvalue weighted by Crippen LogP contribution is -2.64. The summed E-state index contributed by atoms with van der Waals surface area (Å²) in [6.45, 7) is 9.56. The summed E-state index contributed by atoms with van der Waals surface area (Å²) in [6.07, 6.45) is 1.59. The predicted octanol–water partition coefficient (Wildman–Crippen LogP) is 4.28. The summed E-state index contributed by atoms with van der Waals surface area (Å²) in [7, 11) is 0. The maximum Gasteiger partial charge on any atom is 0.241 e. The number of benzene rings is 3. The molecule has 1 aliphatic heterocycles. The number of carbonyl (C=O) groups is 1. The highest BCUT2D eigenvalue weighted by Crippen LogP contribution is 2.36. The van der Waals surface area contributed by atoms with E-state index >= 15 is 0 Å². The standard InChI is InChI=1S/C30H35N3O/c1-23-7-11-25(12-8-23)21-31-29(34)30(19-27-5-3-4-6-28(27)20-30)33-17-15-32(16-18-33)22-26-13-9-24(2)10-14-26/h3-14H,15-22H2,1-2H3,(H,31,34). The van der Waals surface area contributed by atoms with Crippen molar-refractivity contribution in [3.05, 3.63) is 106 Å². The highest BCUT2D eigenvalue weighted by atomic mass is 16.2. The third-order valence-electron chi connectivity index (χ3n) is 7.58. The minimum absolute atomic E-state index is 0.163. The van der Waals surface area contributed by atoms with Crippen molar-refractivity contribution in [3.8, 4) is 0 Å². The maximum atomic E-state index is 13.8. The molecular formula is C30H35N3O. The van der Waals surface area contributed by atoms with E-state index in [-0.39, 0.29) is 5.91 Å². The Morgan fingerprint density at radius 1 is 0.765 bits per heavy atom. The molecule has 0 unspecified atom stereocenters. The van der Waals surface area contributed by atoms with Gasteiger partial charge in [-0.25, -0.2) is 0 Å². The lowest BCUT2D eigenvalue weighted by atomic mass is 9.90. The van der Waals surface area contributed by atoms with Gasteiger partial charge < -0.3 is 5.32 Å². The van der Waals surface area contributed by atoms with Crippen molar-refractivity contribution >= 4 is 5.91 Å². The Kier molecular flexibility index (Phi) is 6.53. The third kappa shape index (κ3) is 4.79. The van der Waals surface area contributed by atoms with Gasteiger partial charge in [-0.1, -0.05) is 83.9 Å². The molecule has 5 rings (SSSR count). The number of amides is 1. The first-order valence-electron chi connectivity index (χ1n) is 12.5. The van der Waals surface area contributed by atoms with Crippen LogP contribution in [0.15, 0.2) is 72.8 Å². The normalized spacial score (nSPS) is 17.9. The van der Waals surface area contributed by atoms with Gasteiger partial charge in [0.2, 0.25) is 5.91 Å². The molecule has 34 heavy (non-hydrogen) atoms. The molecule has 0 aromatic heterocycles. The number of hydrogen-bond acceptors (Lipinski definition) is 3. The zero-order valence-corrected chi connectivity index (χ0v) is 20.4. The summed E-state index contributed by atoms with van der Waals surface area (Å²) in [4.78, 5) is 18.8. The van der Waals surface area contributed by atoms with Crippen molar-refractivity contribution in [1.82, 2.24) is 15.1 Å². The van der Waals surface area contributed by atoms with Crippen molar-refractivity contribution < 1.29 is 4.79 Å². The minimum Gasteiger partial charge on any atom is -0.350 e. The summed E-state index contributed by atoms with van der Waals surface area (Å²) < 4.78 is 0. The molecule has 3 aromatic carbocycles. The zero-order chi connectivity index (χ0) is 23.5. The molecule has 1 saturated heterocycles. The molecule has 1 fully saturated rings. The predicted molar refractivity (Wildman–Crippen MR) is 138 cm³/mol. The van der Waals surface area contributed by atoms with Crippen molar-refractivity contribution in [1.29, 1.82) is 0 Å². The minimum atomic E-state index is -0.496. The third-order valence-corrected chi connectivity index (χ3v) is 7.58. The van der Waals surface area contributed by atoms with E-state index in [1.165, 1.54) is 27.8 Å². The van der Waals surface area contributed by atoms with Crippen LogP contribution >= 0.6 is 0 Å². The van der Waals surface area contributed by atoms with Gasteiger partial charge in [0, 0.05) is 52.1 Å². The zero-order valence-electron chi connectivity index (χ0n) is 20.4. The monoisotopic (exact) mass is 453 g/mol. The summed E-state index contributed by atoms with van der Waals surface area (Å²) in [5.41, 5.74) is 7.18. The van der Waals surface area contributed by atoms with Crippen LogP contribution in [0.1, 0.15) is 33.4 Å². The number of fused-ring (bicyclic) bond motifs is 1. The molecule has 0 spiro atoms. The van der Waals surface area contributed by atoms with E-state index in [1.807, 2.05) is 0 Å². The second kappa shape index (κ2) is 9.73.